The lowest BCUT2D eigenvalue weighted by molar-refractivity contribution is -0.186. The van der Waals surface area contributed by atoms with Crippen molar-refractivity contribution in [2.75, 3.05) is 6.61 Å². The molecule has 1 fully saturated rings. The molecule has 0 saturated carbocycles. The van der Waals surface area contributed by atoms with E-state index in [4.69, 9.17) is 15.4 Å². The number of halogens is 1. The predicted molar refractivity (Wildman–Crippen MR) is 75.3 cm³/mol. The SMILES string of the molecule is CC(C)(CC#N)C(=O)N1OCCC1c1cc(F)cc(C#N)c1. The Hall–Kier alpha value is -2.44. The molecule has 1 aromatic carbocycles. The van der Waals surface area contributed by atoms with Crippen LogP contribution in [0.3, 0.4) is 0 Å². The van der Waals surface area contributed by atoms with E-state index in [-0.39, 0.29) is 17.9 Å². The first kappa shape index (κ1) is 15.9. The molecule has 1 saturated heterocycles. The van der Waals surface area contributed by atoms with Crippen LogP contribution in [0.25, 0.3) is 0 Å². The normalized spacial score (nSPS) is 17.9. The number of carbonyl (C=O) groups is 1. The van der Waals surface area contributed by atoms with Gasteiger partial charge in [-0.3, -0.25) is 9.63 Å². The first-order chi connectivity index (χ1) is 10.4. The monoisotopic (exact) mass is 301 g/mol. The third kappa shape index (κ3) is 3.08. The third-order valence-corrected chi connectivity index (χ3v) is 3.64. The molecular weight excluding hydrogens is 285 g/mol. The molecule has 1 aromatic rings. The smallest absolute Gasteiger partial charge is 0.253 e. The summed E-state index contributed by atoms with van der Waals surface area (Å²) in [7, 11) is 0. The van der Waals surface area contributed by atoms with E-state index in [0.717, 1.165) is 6.07 Å². The minimum Gasteiger partial charge on any atom is -0.272 e. The van der Waals surface area contributed by atoms with Gasteiger partial charge in [-0.1, -0.05) is 0 Å². The van der Waals surface area contributed by atoms with E-state index in [9.17, 15) is 9.18 Å². The van der Waals surface area contributed by atoms with Crippen LogP contribution >= 0.6 is 0 Å². The number of rotatable bonds is 3. The summed E-state index contributed by atoms with van der Waals surface area (Å²) in [6, 6.07) is 7.44. The fourth-order valence-electron chi connectivity index (χ4n) is 2.41. The lowest BCUT2D eigenvalue weighted by Gasteiger charge is -2.30. The maximum Gasteiger partial charge on any atom is 0.253 e. The highest BCUT2D eigenvalue weighted by Gasteiger charge is 2.40. The fourth-order valence-corrected chi connectivity index (χ4v) is 2.41. The van der Waals surface area contributed by atoms with Crippen molar-refractivity contribution in [3.8, 4) is 12.1 Å². The maximum atomic E-state index is 13.6. The molecule has 22 heavy (non-hydrogen) atoms. The zero-order valence-corrected chi connectivity index (χ0v) is 12.5. The first-order valence-corrected chi connectivity index (χ1v) is 6.93. The van der Waals surface area contributed by atoms with Gasteiger partial charge in [-0.25, -0.2) is 9.45 Å². The molecule has 1 unspecified atom stereocenters. The summed E-state index contributed by atoms with van der Waals surface area (Å²) >= 11 is 0. The topological polar surface area (TPSA) is 77.1 Å². The molecule has 2 rings (SSSR count). The Morgan fingerprint density at radius 3 is 2.82 bits per heavy atom. The van der Waals surface area contributed by atoms with Gasteiger partial charge in [0.25, 0.3) is 5.91 Å². The van der Waals surface area contributed by atoms with Crippen LogP contribution in [0.1, 0.15) is 43.9 Å². The largest absolute Gasteiger partial charge is 0.272 e. The maximum absolute atomic E-state index is 13.6. The first-order valence-electron chi connectivity index (χ1n) is 6.93. The van der Waals surface area contributed by atoms with Crippen LogP contribution in [0, 0.1) is 33.9 Å². The quantitative estimate of drug-likeness (QED) is 0.860. The predicted octanol–water partition coefficient (Wildman–Crippen LogP) is 2.84. The number of hydroxylamine groups is 2. The lowest BCUT2D eigenvalue weighted by Crippen LogP contribution is -2.39. The Balaban J connectivity index is 2.32. The van der Waals surface area contributed by atoms with Crippen LogP contribution in [-0.2, 0) is 9.63 Å². The van der Waals surface area contributed by atoms with Gasteiger partial charge in [0.15, 0.2) is 0 Å². The molecule has 6 heteroatoms. The van der Waals surface area contributed by atoms with E-state index in [1.54, 1.807) is 19.9 Å². The van der Waals surface area contributed by atoms with Crippen LogP contribution < -0.4 is 0 Å². The average molecular weight is 301 g/mol. The molecule has 114 valence electrons. The van der Waals surface area contributed by atoms with Gasteiger partial charge in [0.05, 0.1) is 35.8 Å². The molecule has 0 N–H and O–H groups in total. The van der Waals surface area contributed by atoms with Crippen molar-refractivity contribution in [2.45, 2.75) is 32.7 Å². The van der Waals surface area contributed by atoms with Crippen molar-refractivity contribution in [2.24, 2.45) is 5.41 Å². The van der Waals surface area contributed by atoms with Crippen LogP contribution in [0.5, 0.6) is 0 Å². The van der Waals surface area contributed by atoms with Crippen LogP contribution in [0.2, 0.25) is 0 Å². The highest BCUT2D eigenvalue weighted by atomic mass is 19.1. The summed E-state index contributed by atoms with van der Waals surface area (Å²) in [5, 5.41) is 19.0. The summed E-state index contributed by atoms with van der Waals surface area (Å²) in [4.78, 5) is 18.0. The molecule has 0 aromatic heterocycles. The van der Waals surface area contributed by atoms with Crippen LogP contribution in [0.15, 0.2) is 18.2 Å². The molecule has 0 spiro atoms. The molecule has 1 aliphatic heterocycles. The summed E-state index contributed by atoms with van der Waals surface area (Å²) in [5.74, 6) is -0.844. The highest BCUT2D eigenvalue weighted by molar-refractivity contribution is 5.82. The fraction of sp³-hybridized carbons (Fsp3) is 0.438. The van der Waals surface area contributed by atoms with Gasteiger partial charge in [0.1, 0.15) is 5.82 Å². The van der Waals surface area contributed by atoms with Crippen LogP contribution in [0.4, 0.5) is 4.39 Å². The summed E-state index contributed by atoms with van der Waals surface area (Å²) in [6.07, 6.45) is 0.577. The Kier molecular flexibility index (Phi) is 4.44. The van der Waals surface area contributed by atoms with Crippen molar-refractivity contribution in [1.82, 2.24) is 5.06 Å². The van der Waals surface area contributed by atoms with Crippen molar-refractivity contribution in [3.05, 3.63) is 35.1 Å². The summed E-state index contributed by atoms with van der Waals surface area (Å²) in [6.45, 7) is 3.67. The summed E-state index contributed by atoms with van der Waals surface area (Å²) in [5.41, 5.74) is -0.163. The molecular formula is C16H16FN3O2. The molecule has 0 bridgehead atoms. The van der Waals surface area contributed by atoms with Gasteiger partial charge in [-0.15, -0.1) is 0 Å². The molecule has 1 heterocycles. The average Bonchev–Trinajstić information content (AvgIpc) is 2.94. The number of nitriles is 2. The second kappa shape index (κ2) is 6.13. The second-order valence-corrected chi connectivity index (χ2v) is 5.87. The molecule has 0 radical (unpaired) electrons. The van der Waals surface area contributed by atoms with Gasteiger partial charge in [-0.05, 0) is 37.6 Å². The second-order valence-electron chi connectivity index (χ2n) is 5.87. The third-order valence-electron chi connectivity index (χ3n) is 3.64. The molecule has 1 amide bonds. The molecule has 1 aliphatic rings. The lowest BCUT2D eigenvalue weighted by atomic mass is 9.88. The van der Waals surface area contributed by atoms with Crippen molar-refractivity contribution in [1.29, 1.82) is 10.5 Å². The van der Waals surface area contributed by atoms with Crippen molar-refractivity contribution in [3.63, 3.8) is 0 Å². The summed E-state index contributed by atoms with van der Waals surface area (Å²) < 4.78 is 13.6. The Morgan fingerprint density at radius 1 is 1.45 bits per heavy atom. The van der Waals surface area contributed by atoms with E-state index in [0.29, 0.717) is 18.6 Å². The Morgan fingerprint density at radius 2 is 2.18 bits per heavy atom. The minimum absolute atomic E-state index is 0.0605. The molecule has 5 nitrogen and oxygen atoms in total. The number of benzene rings is 1. The molecule has 0 aliphatic carbocycles. The van der Waals surface area contributed by atoms with Crippen LogP contribution in [-0.4, -0.2) is 17.6 Å². The highest BCUT2D eigenvalue weighted by Crippen LogP contribution is 2.35. The number of nitrogens with zero attached hydrogens (tertiary/aromatic N) is 3. The van der Waals surface area contributed by atoms with Gasteiger partial charge in [0, 0.05) is 12.8 Å². The van der Waals surface area contributed by atoms with Crippen molar-refractivity contribution >= 4 is 5.91 Å². The van der Waals surface area contributed by atoms with Gasteiger partial charge in [0.2, 0.25) is 0 Å². The van der Waals surface area contributed by atoms with Gasteiger partial charge >= 0.3 is 0 Å². The van der Waals surface area contributed by atoms with E-state index in [1.807, 2.05) is 12.1 Å². The number of carbonyl (C=O) groups excluding carboxylic acids is 1. The number of hydrogen-bond donors (Lipinski definition) is 0. The minimum atomic E-state index is -0.886. The van der Waals surface area contributed by atoms with E-state index in [2.05, 4.69) is 0 Å². The van der Waals surface area contributed by atoms with E-state index >= 15 is 0 Å². The number of hydrogen-bond acceptors (Lipinski definition) is 4. The molecule has 1 atom stereocenters. The van der Waals surface area contributed by atoms with Crippen molar-refractivity contribution < 1.29 is 14.0 Å². The van der Waals surface area contributed by atoms with E-state index < -0.39 is 17.3 Å². The number of amides is 1. The zero-order chi connectivity index (χ0) is 16.3. The van der Waals surface area contributed by atoms with E-state index in [1.165, 1.54) is 11.1 Å². The standard InChI is InChI=1S/C16H16FN3O2/c1-16(2,4-5-18)15(21)20-14(3-6-22-20)12-7-11(10-19)8-13(17)9-12/h7-9,14H,3-4,6H2,1-2H3. The zero-order valence-electron chi connectivity index (χ0n) is 12.5. The Bertz CT molecular complexity index is 673. The van der Waals surface area contributed by atoms with Gasteiger partial charge < -0.3 is 0 Å². The Labute approximate surface area is 128 Å². The van der Waals surface area contributed by atoms with Gasteiger partial charge in [-0.2, -0.15) is 10.5 Å².